The van der Waals surface area contributed by atoms with Gasteiger partial charge in [-0.25, -0.2) is 0 Å². The summed E-state index contributed by atoms with van der Waals surface area (Å²) in [5.74, 6) is 1.07. The van der Waals surface area contributed by atoms with Crippen molar-refractivity contribution in [3.05, 3.63) is 35.0 Å². The van der Waals surface area contributed by atoms with Crippen LogP contribution in [0.4, 0.5) is 0 Å². The number of rotatable bonds is 2. The number of nitrogens with zero attached hydrogens (tertiary/aromatic N) is 2. The molecule has 0 bridgehead atoms. The number of ether oxygens (including phenoxy) is 1. The van der Waals surface area contributed by atoms with Gasteiger partial charge in [0.2, 0.25) is 0 Å². The number of benzene rings is 1. The first-order valence-electron chi connectivity index (χ1n) is 4.05. The number of nitrogens with one attached hydrogen (secondary N) is 1. The summed E-state index contributed by atoms with van der Waals surface area (Å²) in [6.45, 7) is 1.93. The van der Waals surface area contributed by atoms with E-state index in [1.165, 1.54) is 6.20 Å². The standard InChI is InChI=1S/C9H8ClN3O/c1-6-2-3-7(4-8(6)10)14-9-5-11-13-12-9/h2-5H,1H3,(H,11,12,13). The average molecular weight is 210 g/mol. The first-order valence-corrected chi connectivity index (χ1v) is 4.43. The van der Waals surface area contributed by atoms with E-state index in [4.69, 9.17) is 16.3 Å². The summed E-state index contributed by atoms with van der Waals surface area (Å²) in [7, 11) is 0. The van der Waals surface area contributed by atoms with Gasteiger partial charge >= 0.3 is 0 Å². The highest BCUT2D eigenvalue weighted by molar-refractivity contribution is 6.31. The summed E-state index contributed by atoms with van der Waals surface area (Å²) in [6, 6.07) is 5.46. The van der Waals surface area contributed by atoms with Gasteiger partial charge in [0, 0.05) is 5.02 Å². The molecule has 0 aliphatic heterocycles. The molecule has 0 fully saturated rings. The van der Waals surface area contributed by atoms with Crippen molar-refractivity contribution in [3.63, 3.8) is 0 Å². The molecule has 0 aliphatic carbocycles. The summed E-state index contributed by atoms with van der Waals surface area (Å²) in [5, 5.41) is 10.5. The van der Waals surface area contributed by atoms with E-state index in [1.54, 1.807) is 6.07 Å². The fourth-order valence-corrected chi connectivity index (χ4v) is 1.17. The molecule has 1 aromatic heterocycles. The minimum absolute atomic E-state index is 0.421. The van der Waals surface area contributed by atoms with Gasteiger partial charge in [-0.2, -0.15) is 10.3 Å². The van der Waals surface area contributed by atoms with Gasteiger partial charge in [-0.1, -0.05) is 17.7 Å². The molecule has 0 aliphatic rings. The Bertz CT molecular complexity index is 428. The number of aromatic amines is 1. The van der Waals surface area contributed by atoms with Crippen molar-refractivity contribution >= 4 is 11.6 Å². The second-order valence-corrected chi connectivity index (χ2v) is 3.23. The third-order valence-electron chi connectivity index (χ3n) is 1.76. The lowest BCUT2D eigenvalue weighted by atomic mass is 10.2. The monoisotopic (exact) mass is 209 g/mol. The fourth-order valence-electron chi connectivity index (χ4n) is 0.998. The first kappa shape index (κ1) is 9.02. The quantitative estimate of drug-likeness (QED) is 0.827. The topological polar surface area (TPSA) is 50.8 Å². The third kappa shape index (κ3) is 1.85. The maximum atomic E-state index is 5.93. The summed E-state index contributed by atoms with van der Waals surface area (Å²) in [6.07, 6.45) is 1.49. The average Bonchev–Trinajstić information content (AvgIpc) is 2.64. The maximum Gasteiger partial charge on any atom is 0.258 e. The van der Waals surface area contributed by atoms with Gasteiger partial charge < -0.3 is 4.74 Å². The van der Waals surface area contributed by atoms with Crippen molar-refractivity contribution in [1.82, 2.24) is 15.4 Å². The van der Waals surface area contributed by atoms with E-state index in [1.807, 2.05) is 19.1 Å². The molecule has 0 saturated carbocycles. The summed E-state index contributed by atoms with van der Waals surface area (Å²) in [4.78, 5) is 0. The molecular formula is C9H8ClN3O. The van der Waals surface area contributed by atoms with E-state index in [-0.39, 0.29) is 0 Å². The molecule has 0 unspecified atom stereocenters. The Morgan fingerprint density at radius 2 is 2.29 bits per heavy atom. The molecule has 1 heterocycles. The molecule has 14 heavy (non-hydrogen) atoms. The zero-order valence-electron chi connectivity index (χ0n) is 7.49. The van der Waals surface area contributed by atoms with Crippen LogP contribution in [0, 0.1) is 6.92 Å². The van der Waals surface area contributed by atoms with Crippen LogP contribution in [0.3, 0.4) is 0 Å². The van der Waals surface area contributed by atoms with Crippen LogP contribution in [0.15, 0.2) is 24.4 Å². The smallest absolute Gasteiger partial charge is 0.258 e. The number of H-pyrrole nitrogens is 1. The van der Waals surface area contributed by atoms with Crippen LogP contribution in [-0.2, 0) is 0 Å². The van der Waals surface area contributed by atoms with E-state index in [0.29, 0.717) is 16.7 Å². The van der Waals surface area contributed by atoms with Gasteiger partial charge in [0.05, 0.1) is 0 Å². The van der Waals surface area contributed by atoms with E-state index < -0.39 is 0 Å². The second kappa shape index (κ2) is 3.67. The second-order valence-electron chi connectivity index (χ2n) is 2.82. The molecule has 2 aromatic rings. The molecule has 5 heteroatoms. The Morgan fingerprint density at radius 1 is 1.43 bits per heavy atom. The molecule has 0 amide bonds. The van der Waals surface area contributed by atoms with Crippen LogP contribution in [0.25, 0.3) is 0 Å². The molecule has 0 atom stereocenters. The van der Waals surface area contributed by atoms with E-state index in [0.717, 1.165) is 5.56 Å². The van der Waals surface area contributed by atoms with E-state index in [9.17, 15) is 0 Å². The van der Waals surface area contributed by atoms with Crippen molar-refractivity contribution in [2.45, 2.75) is 6.92 Å². The third-order valence-corrected chi connectivity index (χ3v) is 2.17. The number of hydrogen-bond donors (Lipinski definition) is 1. The van der Waals surface area contributed by atoms with Crippen LogP contribution in [0.1, 0.15) is 5.56 Å². The molecule has 4 nitrogen and oxygen atoms in total. The van der Waals surface area contributed by atoms with E-state index >= 15 is 0 Å². The van der Waals surface area contributed by atoms with Crippen molar-refractivity contribution in [2.24, 2.45) is 0 Å². The molecule has 0 spiro atoms. The SMILES string of the molecule is Cc1ccc(Oc2cn[nH]n2)cc1Cl. The zero-order chi connectivity index (χ0) is 9.97. The van der Waals surface area contributed by atoms with Crippen LogP contribution in [-0.4, -0.2) is 15.4 Å². The molecular weight excluding hydrogens is 202 g/mol. The van der Waals surface area contributed by atoms with Gasteiger partial charge in [0.25, 0.3) is 5.88 Å². The minimum Gasteiger partial charge on any atom is -0.436 e. The predicted octanol–water partition coefficient (Wildman–Crippen LogP) is 2.56. The largest absolute Gasteiger partial charge is 0.436 e. The van der Waals surface area contributed by atoms with Gasteiger partial charge in [-0.05, 0) is 24.6 Å². The van der Waals surface area contributed by atoms with Crippen molar-refractivity contribution in [3.8, 4) is 11.6 Å². The zero-order valence-corrected chi connectivity index (χ0v) is 8.25. The molecule has 1 aromatic carbocycles. The first-order chi connectivity index (χ1) is 6.75. The summed E-state index contributed by atoms with van der Waals surface area (Å²) in [5.41, 5.74) is 1.01. The molecule has 2 rings (SSSR count). The van der Waals surface area contributed by atoms with Crippen LogP contribution in [0.5, 0.6) is 11.6 Å². The lowest BCUT2D eigenvalue weighted by molar-refractivity contribution is 0.461. The van der Waals surface area contributed by atoms with Gasteiger partial charge in [-0.3, -0.25) is 0 Å². The number of halogens is 1. The number of aryl methyl sites for hydroxylation is 1. The van der Waals surface area contributed by atoms with Crippen molar-refractivity contribution < 1.29 is 4.74 Å². The minimum atomic E-state index is 0.421. The molecule has 72 valence electrons. The Hall–Kier alpha value is -1.55. The normalized spacial score (nSPS) is 10.1. The molecule has 0 saturated heterocycles. The van der Waals surface area contributed by atoms with Crippen LogP contribution < -0.4 is 4.74 Å². The highest BCUT2D eigenvalue weighted by atomic mass is 35.5. The number of aromatic nitrogens is 3. The maximum absolute atomic E-state index is 5.93. The molecule has 0 radical (unpaired) electrons. The van der Waals surface area contributed by atoms with E-state index in [2.05, 4.69) is 15.4 Å². The van der Waals surface area contributed by atoms with Gasteiger partial charge in [-0.15, -0.1) is 5.10 Å². The summed E-state index contributed by atoms with van der Waals surface area (Å²) >= 11 is 5.93. The Labute approximate surface area is 85.9 Å². The highest BCUT2D eigenvalue weighted by Gasteiger charge is 2.01. The van der Waals surface area contributed by atoms with Crippen molar-refractivity contribution in [2.75, 3.05) is 0 Å². The van der Waals surface area contributed by atoms with Crippen molar-refractivity contribution in [1.29, 1.82) is 0 Å². The lowest BCUT2D eigenvalue weighted by Crippen LogP contribution is -1.85. The Morgan fingerprint density at radius 3 is 2.93 bits per heavy atom. The Balaban J connectivity index is 2.22. The van der Waals surface area contributed by atoms with Crippen LogP contribution >= 0.6 is 11.6 Å². The molecule has 1 N–H and O–H groups in total. The van der Waals surface area contributed by atoms with Gasteiger partial charge in [0.15, 0.2) is 0 Å². The van der Waals surface area contributed by atoms with Gasteiger partial charge in [0.1, 0.15) is 11.9 Å². The fraction of sp³-hybridized carbons (Fsp3) is 0.111. The highest BCUT2D eigenvalue weighted by Crippen LogP contribution is 2.24. The summed E-state index contributed by atoms with van der Waals surface area (Å²) < 4.78 is 5.36. The Kier molecular flexibility index (Phi) is 2.37. The lowest BCUT2D eigenvalue weighted by Gasteiger charge is -2.02. The number of hydrogen-bond acceptors (Lipinski definition) is 3. The predicted molar refractivity (Wildman–Crippen MR) is 52.6 cm³/mol. The van der Waals surface area contributed by atoms with Crippen LogP contribution in [0.2, 0.25) is 5.02 Å².